The SMILES string of the molecule is c1ccc(N(Cc2ccccn2)c2ncnc3sccc23)cc1. The zero-order valence-corrected chi connectivity index (χ0v) is 13.1. The number of pyridine rings is 1. The van der Waals surface area contributed by atoms with E-state index in [-0.39, 0.29) is 0 Å². The van der Waals surface area contributed by atoms with E-state index < -0.39 is 0 Å². The molecule has 3 heterocycles. The van der Waals surface area contributed by atoms with E-state index >= 15 is 0 Å². The van der Waals surface area contributed by atoms with Gasteiger partial charge < -0.3 is 4.90 Å². The summed E-state index contributed by atoms with van der Waals surface area (Å²) in [6.45, 7) is 0.660. The van der Waals surface area contributed by atoms with E-state index in [2.05, 4.69) is 38.1 Å². The summed E-state index contributed by atoms with van der Waals surface area (Å²) in [6.07, 6.45) is 3.45. The van der Waals surface area contributed by atoms with Crippen molar-refractivity contribution in [3.05, 3.63) is 78.2 Å². The van der Waals surface area contributed by atoms with Gasteiger partial charge in [-0.1, -0.05) is 24.3 Å². The van der Waals surface area contributed by atoms with Gasteiger partial charge in [0.1, 0.15) is 17.0 Å². The van der Waals surface area contributed by atoms with Gasteiger partial charge in [0.05, 0.1) is 17.6 Å². The Hall–Kier alpha value is -2.79. The minimum Gasteiger partial charge on any atom is -0.320 e. The molecule has 0 radical (unpaired) electrons. The largest absolute Gasteiger partial charge is 0.320 e. The van der Waals surface area contributed by atoms with E-state index in [9.17, 15) is 0 Å². The molecule has 0 bridgehead atoms. The summed E-state index contributed by atoms with van der Waals surface area (Å²) in [4.78, 5) is 16.5. The molecular weight excluding hydrogens is 304 g/mol. The highest BCUT2D eigenvalue weighted by atomic mass is 32.1. The molecule has 112 valence electrons. The number of para-hydroxylation sites is 1. The molecule has 0 spiro atoms. The maximum atomic E-state index is 4.55. The van der Waals surface area contributed by atoms with Crippen molar-refractivity contribution in [3.63, 3.8) is 0 Å². The summed E-state index contributed by atoms with van der Waals surface area (Å²) in [5.41, 5.74) is 2.09. The second-order valence-corrected chi connectivity index (χ2v) is 5.97. The fourth-order valence-corrected chi connectivity index (χ4v) is 3.27. The van der Waals surface area contributed by atoms with Crippen LogP contribution in [-0.4, -0.2) is 15.0 Å². The number of aromatic nitrogens is 3. The molecule has 1 aromatic carbocycles. The summed E-state index contributed by atoms with van der Waals surface area (Å²) >= 11 is 1.63. The lowest BCUT2D eigenvalue weighted by atomic mass is 10.2. The average Bonchev–Trinajstić information content (AvgIpc) is 3.10. The third-order valence-corrected chi connectivity index (χ3v) is 4.43. The van der Waals surface area contributed by atoms with Crippen molar-refractivity contribution in [2.24, 2.45) is 0 Å². The van der Waals surface area contributed by atoms with Crippen LogP contribution in [0.2, 0.25) is 0 Å². The molecule has 4 rings (SSSR count). The molecule has 0 unspecified atom stereocenters. The quantitative estimate of drug-likeness (QED) is 0.558. The molecule has 0 atom stereocenters. The zero-order chi connectivity index (χ0) is 15.5. The van der Waals surface area contributed by atoms with Crippen molar-refractivity contribution in [2.75, 3.05) is 4.90 Å². The van der Waals surface area contributed by atoms with Crippen LogP contribution in [0.4, 0.5) is 11.5 Å². The summed E-state index contributed by atoms with van der Waals surface area (Å²) in [5, 5.41) is 3.12. The first-order valence-electron chi connectivity index (χ1n) is 7.32. The molecule has 23 heavy (non-hydrogen) atoms. The van der Waals surface area contributed by atoms with Gasteiger partial charge in [-0.15, -0.1) is 11.3 Å². The van der Waals surface area contributed by atoms with Crippen molar-refractivity contribution >= 4 is 33.1 Å². The lowest BCUT2D eigenvalue weighted by Crippen LogP contribution is -2.18. The third-order valence-electron chi connectivity index (χ3n) is 3.61. The van der Waals surface area contributed by atoms with Crippen LogP contribution in [0, 0.1) is 0 Å². The van der Waals surface area contributed by atoms with E-state index in [4.69, 9.17) is 0 Å². The number of fused-ring (bicyclic) bond motifs is 1. The number of benzene rings is 1. The Morgan fingerprint density at radius 1 is 0.870 bits per heavy atom. The Morgan fingerprint density at radius 2 is 1.74 bits per heavy atom. The van der Waals surface area contributed by atoms with E-state index in [1.165, 1.54) is 0 Å². The predicted octanol–water partition coefficient (Wildman–Crippen LogP) is 4.42. The molecule has 4 aromatic rings. The minimum absolute atomic E-state index is 0.660. The molecular formula is C18H14N4S. The summed E-state index contributed by atoms with van der Waals surface area (Å²) in [6, 6.07) is 18.3. The van der Waals surface area contributed by atoms with Crippen LogP contribution >= 0.6 is 11.3 Å². The van der Waals surface area contributed by atoms with Gasteiger partial charge in [-0.2, -0.15) is 0 Å². The third kappa shape index (κ3) is 2.78. The average molecular weight is 318 g/mol. The van der Waals surface area contributed by atoms with E-state index in [1.807, 2.05) is 48.0 Å². The summed E-state index contributed by atoms with van der Waals surface area (Å²) in [5.74, 6) is 0.910. The van der Waals surface area contributed by atoms with E-state index in [1.54, 1.807) is 17.7 Å². The molecule has 3 aromatic heterocycles. The Labute approximate surface area is 138 Å². The van der Waals surface area contributed by atoms with E-state index in [0.717, 1.165) is 27.4 Å². The van der Waals surface area contributed by atoms with Crippen molar-refractivity contribution in [1.29, 1.82) is 0 Å². The van der Waals surface area contributed by atoms with Gasteiger partial charge >= 0.3 is 0 Å². The number of nitrogens with zero attached hydrogens (tertiary/aromatic N) is 4. The van der Waals surface area contributed by atoms with Gasteiger partial charge in [0.15, 0.2) is 0 Å². The molecule has 0 saturated heterocycles. The molecule has 0 N–H and O–H groups in total. The van der Waals surface area contributed by atoms with Crippen molar-refractivity contribution in [3.8, 4) is 0 Å². The maximum absolute atomic E-state index is 4.55. The fraction of sp³-hybridized carbons (Fsp3) is 0.0556. The van der Waals surface area contributed by atoms with Gasteiger partial charge in [-0.05, 0) is 35.7 Å². The number of hydrogen-bond donors (Lipinski definition) is 0. The van der Waals surface area contributed by atoms with Crippen molar-refractivity contribution in [2.45, 2.75) is 6.54 Å². The smallest absolute Gasteiger partial charge is 0.145 e. The molecule has 0 fully saturated rings. The maximum Gasteiger partial charge on any atom is 0.145 e. The van der Waals surface area contributed by atoms with Crippen molar-refractivity contribution in [1.82, 2.24) is 15.0 Å². The highest BCUT2D eigenvalue weighted by molar-refractivity contribution is 7.16. The predicted molar refractivity (Wildman–Crippen MR) is 93.9 cm³/mol. The first-order valence-corrected chi connectivity index (χ1v) is 8.20. The van der Waals surface area contributed by atoms with Crippen LogP contribution in [0.25, 0.3) is 10.2 Å². The number of anilines is 2. The fourth-order valence-electron chi connectivity index (χ4n) is 2.54. The number of rotatable bonds is 4. The first-order chi connectivity index (χ1) is 11.4. The van der Waals surface area contributed by atoms with E-state index in [0.29, 0.717) is 6.54 Å². The van der Waals surface area contributed by atoms with Crippen molar-refractivity contribution < 1.29 is 0 Å². The molecule has 5 heteroatoms. The Morgan fingerprint density at radius 3 is 2.57 bits per heavy atom. The standard InChI is InChI=1S/C18H14N4S/c1-2-7-15(8-3-1)22(12-14-6-4-5-10-19-14)17-16-9-11-23-18(16)21-13-20-17/h1-11,13H,12H2. The zero-order valence-electron chi connectivity index (χ0n) is 12.3. The Kier molecular flexibility index (Phi) is 3.70. The second-order valence-electron chi connectivity index (χ2n) is 5.08. The van der Waals surface area contributed by atoms with Crippen LogP contribution in [-0.2, 0) is 6.54 Å². The Bertz CT molecular complexity index is 906. The normalized spacial score (nSPS) is 10.8. The number of thiophene rings is 1. The molecule has 4 nitrogen and oxygen atoms in total. The van der Waals surface area contributed by atoms with Crippen LogP contribution in [0.5, 0.6) is 0 Å². The lowest BCUT2D eigenvalue weighted by molar-refractivity contribution is 0.909. The second kappa shape index (κ2) is 6.14. The highest BCUT2D eigenvalue weighted by Gasteiger charge is 2.16. The monoisotopic (exact) mass is 318 g/mol. The van der Waals surface area contributed by atoms with Gasteiger partial charge in [-0.25, -0.2) is 9.97 Å². The lowest BCUT2D eigenvalue weighted by Gasteiger charge is -2.24. The first kappa shape index (κ1) is 13.8. The molecule has 0 aliphatic rings. The molecule has 0 amide bonds. The Balaban J connectivity index is 1.84. The van der Waals surface area contributed by atoms with Crippen LogP contribution in [0.15, 0.2) is 72.5 Å². The van der Waals surface area contributed by atoms with Gasteiger partial charge in [0.25, 0.3) is 0 Å². The summed E-state index contributed by atoms with van der Waals surface area (Å²) < 4.78 is 0. The van der Waals surface area contributed by atoms with Crippen LogP contribution in [0.1, 0.15) is 5.69 Å². The molecule has 0 aliphatic heterocycles. The molecule has 0 saturated carbocycles. The van der Waals surface area contributed by atoms with Gasteiger partial charge in [0, 0.05) is 11.9 Å². The minimum atomic E-state index is 0.660. The van der Waals surface area contributed by atoms with Gasteiger partial charge in [-0.3, -0.25) is 4.98 Å². The van der Waals surface area contributed by atoms with Crippen LogP contribution in [0.3, 0.4) is 0 Å². The molecule has 0 aliphatic carbocycles. The highest BCUT2D eigenvalue weighted by Crippen LogP contribution is 2.32. The number of hydrogen-bond acceptors (Lipinski definition) is 5. The van der Waals surface area contributed by atoms with Crippen LogP contribution < -0.4 is 4.90 Å². The summed E-state index contributed by atoms with van der Waals surface area (Å²) in [7, 11) is 0. The van der Waals surface area contributed by atoms with Gasteiger partial charge in [0.2, 0.25) is 0 Å². The topological polar surface area (TPSA) is 41.9 Å².